The maximum atomic E-state index is 13.0. The molecule has 2 aliphatic carbocycles. The topological polar surface area (TPSA) is 43.2 Å². The van der Waals surface area contributed by atoms with Crippen LogP contribution in [0.15, 0.2) is 30.4 Å². The molecular weight excluding hydrogens is 328 g/mol. The minimum absolute atomic E-state index is 0.0441. The number of rotatable bonds is 5. The van der Waals surface area contributed by atoms with E-state index in [0.717, 1.165) is 43.9 Å². The number of benzene rings is 1. The highest BCUT2D eigenvalue weighted by Crippen LogP contribution is 2.42. The quantitative estimate of drug-likeness (QED) is 0.807. The molecule has 3 atom stereocenters. The number of ether oxygens (including phenoxy) is 2. The molecule has 0 unspecified atom stereocenters. The number of quaternary nitrogens is 1. The molecule has 1 saturated carbocycles. The molecule has 1 aliphatic heterocycles. The third kappa shape index (κ3) is 3.20. The number of carbonyl (C=O) groups excluding carboxylic acids is 1. The van der Waals surface area contributed by atoms with E-state index in [1.807, 2.05) is 23.1 Å². The lowest BCUT2D eigenvalue weighted by molar-refractivity contribution is -0.907. The summed E-state index contributed by atoms with van der Waals surface area (Å²) in [5.74, 6) is 3.68. The molecule has 0 aromatic heterocycles. The average molecular weight is 357 g/mol. The SMILES string of the molecule is COc1cccc(C(=O)N2CC[NH+](C[C@@H]3C[C@H]4C=C[C@H]3C4)CC2)c1OC. The van der Waals surface area contributed by atoms with Crippen molar-refractivity contribution in [1.82, 2.24) is 4.90 Å². The molecule has 2 fully saturated rings. The molecule has 1 aromatic rings. The smallest absolute Gasteiger partial charge is 0.258 e. The first-order chi connectivity index (χ1) is 12.7. The highest BCUT2D eigenvalue weighted by molar-refractivity contribution is 5.97. The van der Waals surface area contributed by atoms with Crippen LogP contribution in [-0.2, 0) is 0 Å². The van der Waals surface area contributed by atoms with Crippen molar-refractivity contribution in [1.29, 1.82) is 0 Å². The lowest BCUT2D eigenvalue weighted by Gasteiger charge is -2.34. The van der Waals surface area contributed by atoms with Crippen LogP contribution in [-0.4, -0.2) is 57.8 Å². The number of nitrogens with one attached hydrogen (secondary N) is 1. The second kappa shape index (κ2) is 7.31. The number of piperazine rings is 1. The summed E-state index contributed by atoms with van der Waals surface area (Å²) in [6, 6.07) is 5.49. The Balaban J connectivity index is 1.36. The van der Waals surface area contributed by atoms with E-state index in [1.54, 1.807) is 19.1 Å². The van der Waals surface area contributed by atoms with Crippen molar-refractivity contribution in [2.45, 2.75) is 12.8 Å². The highest BCUT2D eigenvalue weighted by atomic mass is 16.5. The first-order valence-corrected chi connectivity index (χ1v) is 9.71. The number of hydrogen-bond acceptors (Lipinski definition) is 3. The van der Waals surface area contributed by atoms with Gasteiger partial charge in [-0.25, -0.2) is 0 Å². The van der Waals surface area contributed by atoms with Gasteiger partial charge in [-0.3, -0.25) is 4.79 Å². The summed E-state index contributed by atoms with van der Waals surface area (Å²) < 4.78 is 10.8. The molecule has 1 saturated heterocycles. The molecule has 1 amide bonds. The van der Waals surface area contributed by atoms with E-state index in [0.29, 0.717) is 17.1 Å². The van der Waals surface area contributed by atoms with Gasteiger partial charge in [0.1, 0.15) is 0 Å². The van der Waals surface area contributed by atoms with Gasteiger partial charge in [-0.15, -0.1) is 0 Å². The van der Waals surface area contributed by atoms with Crippen LogP contribution in [0, 0.1) is 17.8 Å². The first-order valence-electron chi connectivity index (χ1n) is 9.71. The summed E-state index contributed by atoms with van der Waals surface area (Å²) in [6.45, 7) is 4.96. The fraction of sp³-hybridized carbons (Fsp3) is 0.571. The number of fused-ring (bicyclic) bond motifs is 2. The van der Waals surface area contributed by atoms with Crippen molar-refractivity contribution in [3.63, 3.8) is 0 Å². The van der Waals surface area contributed by atoms with Gasteiger partial charge in [-0.05, 0) is 36.8 Å². The third-order valence-electron chi connectivity index (χ3n) is 6.36. The molecule has 3 aliphatic rings. The van der Waals surface area contributed by atoms with Crippen LogP contribution < -0.4 is 14.4 Å². The molecule has 1 N–H and O–H groups in total. The molecule has 2 bridgehead atoms. The standard InChI is InChI=1S/C21H28N2O3/c1-25-19-5-3-4-18(20(19)26-2)21(24)23-10-8-22(9-11-23)14-17-13-15-6-7-16(17)12-15/h3-7,15-17H,8-14H2,1-2H3/p+1/t15-,16-,17-/m0/s1. The normalized spacial score (nSPS) is 27.8. The summed E-state index contributed by atoms with van der Waals surface area (Å²) in [5.41, 5.74) is 0.591. The molecule has 5 nitrogen and oxygen atoms in total. The summed E-state index contributed by atoms with van der Waals surface area (Å²) in [6.07, 6.45) is 7.59. The summed E-state index contributed by atoms with van der Waals surface area (Å²) in [5, 5.41) is 0. The zero-order chi connectivity index (χ0) is 18.1. The lowest BCUT2D eigenvalue weighted by Crippen LogP contribution is -3.15. The van der Waals surface area contributed by atoms with E-state index in [1.165, 1.54) is 19.4 Å². The first kappa shape index (κ1) is 17.4. The zero-order valence-electron chi connectivity index (χ0n) is 15.7. The molecule has 1 aromatic carbocycles. The van der Waals surface area contributed by atoms with Gasteiger partial charge in [0.15, 0.2) is 11.5 Å². The fourth-order valence-electron chi connectivity index (χ4n) is 4.96. The average Bonchev–Trinajstić information content (AvgIpc) is 3.30. The van der Waals surface area contributed by atoms with Crippen molar-refractivity contribution in [3.8, 4) is 11.5 Å². The number of allylic oxidation sites excluding steroid dienone is 2. The minimum atomic E-state index is 0.0441. The molecule has 4 rings (SSSR count). The van der Waals surface area contributed by atoms with E-state index in [-0.39, 0.29) is 5.91 Å². The summed E-state index contributed by atoms with van der Waals surface area (Å²) in [4.78, 5) is 16.6. The van der Waals surface area contributed by atoms with Gasteiger partial charge in [-0.2, -0.15) is 0 Å². The Kier molecular flexibility index (Phi) is 4.90. The van der Waals surface area contributed by atoms with Crippen molar-refractivity contribution in [2.24, 2.45) is 17.8 Å². The Morgan fingerprint density at radius 2 is 1.96 bits per heavy atom. The summed E-state index contributed by atoms with van der Waals surface area (Å²) >= 11 is 0. The molecule has 0 spiro atoms. The van der Waals surface area contributed by atoms with Crippen LogP contribution in [0.2, 0.25) is 0 Å². The number of hydrogen-bond donors (Lipinski definition) is 1. The predicted molar refractivity (Wildman–Crippen MR) is 99.9 cm³/mol. The van der Waals surface area contributed by atoms with Crippen LogP contribution in [0.25, 0.3) is 0 Å². The summed E-state index contributed by atoms with van der Waals surface area (Å²) in [7, 11) is 3.18. The number of carbonyl (C=O) groups is 1. The monoisotopic (exact) mass is 357 g/mol. The van der Waals surface area contributed by atoms with Gasteiger partial charge in [0, 0.05) is 5.92 Å². The van der Waals surface area contributed by atoms with Gasteiger partial charge in [0.2, 0.25) is 0 Å². The van der Waals surface area contributed by atoms with E-state index < -0.39 is 0 Å². The van der Waals surface area contributed by atoms with E-state index >= 15 is 0 Å². The molecule has 0 radical (unpaired) electrons. The van der Waals surface area contributed by atoms with Crippen LogP contribution in [0.4, 0.5) is 0 Å². The van der Waals surface area contributed by atoms with Gasteiger partial charge in [-0.1, -0.05) is 18.2 Å². The van der Waals surface area contributed by atoms with Crippen molar-refractivity contribution in [3.05, 3.63) is 35.9 Å². The van der Waals surface area contributed by atoms with Gasteiger partial charge in [0.25, 0.3) is 5.91 Å². The molecule has 1 heterocycles. The molecule has 5 heteroatoms. The Hall–Kier alpha value is -2.01. The second-order valence-corrected chi connectivity index (χ2v) is 7.83. The van der Waals surface area contributed by atoms with Crippen molar-refractivity contribution < 1.29 is 19.2 Å². The Morgan fingerprint density at radius 1 is 1.15 bits per heavy atom. The van der Waals surface area contributed by atoms with E-state index in [2.05, 4.69) is 12.2 Å². The minimum Gasteiger partial charge on any atom is -0.493 e. The number of nitrogens with zero attached hydrogens (tertiary/aromatic N) is 1. The molecule has 26 heavy (non-hydrogen) atoms. The van der Waals surface area contributed by atoms with Crippen LogP contribution >= 0.6 is 0 Å². The van der Waals surface area contributed by atoms with Gasteiger partial charge >= 0.3 is 0 Å². The fourth-order valence-corrected chi connectivity index (χ4v) is 4.96. The molecular formula is C21H29N2O3+. The van der Waals surface area contributed by atoms with Crippen molar-refractivity contribution in [2.75, 3.05) is 46.9 Å². The van der Waals surface area contributed by atoms with Crippen molar-refractivity contribution >= 4 is 5.91 Å². The second-order valence-electron chi connectivity index (χ2n) is 7.83. The zero-order valence-corrected chi connectivity index (χ0v) is 15.7. The van der Waals surface area contributed by atoms with Crippen LogP contribution in [0.3, 0.4) is 0 Å². The molecule has 140 valence electrons. The number of methoxy groups -OCH3 is 2. The van der Waals surface area contributed by atoms with E-state index in [4.69, 9.17) is 9.47 Å². The maximum absolute atomic E-state index is 13.0. The number of para-hydroxylation sites is 1. The van der Waals surface area contributed by atoms with Gasteiger partial charge < -0.3 is 19.3 Å². The van der Waals surface area contributed by atoms with Gasteiger partial charge in [0.05, 0.1) is 52.5 Å². The Morgan fingerprint density at radius 3 is 2.58 bits per heavy atom. The van der Waals surface area contributed by atoms with E-state index in [9.17, 15) is 4.79 Å². The number of amides is 1. The lowest BCUT2D eigenvalue weighted by atomic mass is 9.93. The Bertz CT molecular complexity index is 694. The largest absolute Gasteiger partial charge is 0.493 e. The highest BCUT2D eigenvalue weighted by Gasteiger charge is 2.38. The maximum Gasteiger partial charge on any atom is 0.258 e. The van der Waals surface area contributed by atoms with Crippen LogP contribution in [0.1, 0.15) is 23.2 Å². The Labute approximate surface area is 155 Å². The predicted octanol–water partition coefficient (Wildman–Crippen LogP) is 1.26. The third-order valence-corrected chi connectivity index (χ3v) is 6.36. The van der Waals surface area contributed by atoms with Crippen LogP contribution in [0.5, 0.6) is 11.5 Å².